The maximum absolute atomic E-state index is 3.73. The number of halogens is 1. The van der Waals surface area contributed by atoms with Gasteiger partial charge in [0.05, 0.1) is 6.04 Å². The van der Waals surface area contributed by atoms with E-state index in [1.54, 1.807) is 0 Å². The van der Waals surface area contributed by atoms with Crippen molar-refractivity contribution in [2.24, 2.45) is 5.92 Å². The Morgan fingerprint density at radius 3 is 2.25 bits per heavy atom. The van der Waals surface area contributed by atoms with Crippen molar-refractivity contribution >= 4 is 21.6 Å². The predicted octanol–water partition coefficient (Wildman–Crippen LogP) is 5.63. The summed E-state index contributed by atoms with van der Waals surface area (Å²) in [5.41, 5.74) is 5.18. The summed E-state index contributed by atoms with van der Waals surface area (Å²) in [6, 6.07) is 15.8. The first kappa shape index (κ1) is 13.7. The average Bonchev–Trinajstić information content (AvgIpc) is 3.24. The van der Waals surface area contributed by atoms with Crippen LogP contribution in [0.2, 0.25) is 0 Å². The molecule has 20 heavy (non-hydrogen) atoms. The van der Waals surface area contributed by atoms with Gasteiger partial charge in [-0.25, -0.2) is 0 Å². The molecule has 1 unspecified atom stereocenters. The van der Waals surface area contributed by atoms with Gasteiger partial charge in [-0.3, -0.25) is 0 Å². The SMILES string of the molecule is Cc1ccc(C(Nc2ccc(C)cc2Br)C2CC2)cc1. The summed E-state index contributed by atoms with van der Waals surface area (Å²) in [4.78, 5) is 0. The lowest BCUT2D eigenvalue weighted by atomic mass is 10.0. The number of rotatable bonds is 4. The van der Waals surface area contributed by atoms with Gasteiger partial charge in [0, 0.05) is 10.2 Å². The standard InChI is InChI=1S/C18H20BrN/c1-12-3-6-14(7-4-12)18(15-8-9-15)20-17-10-5-13(2)11-16(17)19/h3-7,10-11,15,18,20H,8-9H2,1-2H3. The number of hydrogen-bond acceptors (Lipinski definition) is 1. The molecule has 1 atom stereocenters. The van der Waals surface area contributed by atoms with Crippen molar-refractivity contribution in [1.29, 1.82) is 0 Å². The number of anilines is 1. The van der Waals surface area contributed by atoms with Gasteiger partial charge in [0.2, 0.25) is 0 Å². The van der Waals surface area contributed by atoms with Crippen LogP contribution >= 0.6 is 15.9 Å². The highest BCUT2D eigenvalue weighted by Gasteiger charge is 2.32. The zero-order valence-electron chi connectivity index (χ0n) is 12.0. The fourth-order valence-corrected chi connectivity index (χ4v) is 3.19. The van der Waals surface area contributed by atoms with Crippen molar-refractivity contribution in [2.75, 3.05) is 5.32 Å². The minimum atomic E-state index is 0.426. The zero-order valence-corrected chi connectivity index (χ0v) is 13.6. The molecule has 0 radical (unpaired) electrons. The fourth-order valence-electron chi connectivity index (χ4n) is 2.58. The van der Waals surface area contributed by atoms with Crippen LogP contribution in [0, 0.1) is 19.8 Å². The van der Waals surface area contributed by atoms with Crippen molar-refractivity contribution in [3.05, 3.63) is 63.6 Å². The quantitative estimate of drug-likeness (QED) is 0.766. The molecule has 0 bridgehead atoms. The molecule has 0 amide bonds. The van der Waals surface area contributed by atoms with Crippen LogP contribution in [0.15, 0.2) is 46.9 Å². The largest absolute Gasteiger partial charge is 0.377 e. The Balaban J connectivity index is 1.86. The molecule has 1 aliphatic rings. The first-order valence-electron chi connectivity index (χ1n) is 7.23. The maximum atomic E-state index is 3.73. The Morgan fingerprint density at radius 2 is 1.65 bits per heavy atom. The van der Waals surface area contributed by atoms with Crippen molar-refractivity contribution in [1.82, 2.24) is 0 Å². The van der Waals surface area contributed by atoms with E-state index in [4.69, 9.17) is 0 Å². The molecule has 2 heteroatoms. The molecule has 0 spiro atoms. The van der Waals surface area contributed by atoms with Crippen LogP contribution < -0.4 is 5.32 Å². The second-order valence-electron chi connectivity index (χ2n) is 5.85. The lowest BCUT2D eigenvalue weighted by molar-refractivity contribution is 0.678. The fraction of sp³-hybridized carbons (Fsp3) is 0.333. The van der Waals surface area contributed by atoms with Gasteiger partial charge in [-0.1, -0.05) is 35.9 Å². The van der Waals surface area contributed by atoms with E-state index in [-0.39, 0.29) is 0 Å². The molecule has 1 aliphatic carbocycles. The monoisotopic (exact) mass is 329 g/mol. The van der Waals surface area contributed by atoms with E-state index in [1.165, 1.54) is 35.2 Å². The van der Waals surface area contributed by atoms with Crippen LogP contribution in [0.4, 0.5) is 5.69 Å². The summed E-state index contributed by atoms with van der Waals surface area (Å²) >= 11 is 3.67. The van der Waals surface area contributed by atoms with Crippen LogP contribution in [0.1, 0.15) is 35.6 Å². The van der Waals surface area contributed by atoms with Gasteiger partial charge in [0.25, 0.3) is 0 Å². The first-order chi connectivity index (χ1) is 9.63. The van der Waals surface area contributed by atoms with Gasteiger partial charge in [-0.15, -0.1) is 0 Å². The second-order valence-corrected chi connectivity index (χ2v) is 6.71. The highest BCUT2D eigenvalue weighted by Crippen LogP contribution is 2.43. The number of aryl methyl sites for hydroxylation is 2. The van der Waals surface area contributed by atoms with E-state index in [1.807, 2.05) is 0 Å². The number of benzene rings is 2. The van der Waals surface area contributed by atoms with Crippen molar-refractivity contribution < 1.29 is 0 Å². The molecule has 2 aromatic rings. The van der Waals surface area contributed by atoms with E-state index in [0.29, 0.717) is 6.04 Å². The smallest absolute Gasteiger partial charge is 0.0542 e. The highest BCUT2D eigenvalue weighted by atomic mass is 79.9. The predicted molar refractivity (Wildman–Crippen MR) is 89.1 cm³/mol. The van der Waals surface area contributed by atoms with Crippen molar-refractivity contribution in [3.8, 4) is 0 Å². The van der Waals surface area contributed by atoms with Crippen molar-refractivity contribution in [3.63, 3.8) is 0 Å². The lowest BCUT2D eigenvalue weighted by Gasteiger charge is -2.21. The van der Waals surface area contributed by atoms with Crippen LogP contribution in [0.25, 0.3) is 0 Å². The minimum Gasteiger partial charge on any atom is -0.377 e. The molecule has 1 N–H and O–H groups in total. The van der Waals surface area contributed by atoms with Crippen LogP contribution in [0.5, 0.6) is 0 Å². The number of hydrogen-bond donors (Lipinski definition) is 1. The molecule has 1 saturated carbocycles. The van der Waals surface area contributed by atoms with Crippen molar-refractivity contribution in [2.45, 2.75) is 32.7 Å². The van der Waals surface area contributed by atoms with E-state index in [0.717, 1.165) is 10.4 Å². The summed E-state index contributed by atoms with van der Waals surface area (Å²) in [6.45, 7) is 4.26. The lowest BCUT2D eigenvalue weighted by Crippen LogP contribution is -2.13. The number of nitrogens with one attached hydrogen (secondary N) is 1. The summed E-state index contributed by atoms with van der Waals surface area (Å²) in [5.74, 6) is 0.769. The third kappa shape index (κ3) is 3.06. The summed E-state index contributed by atoms with van der Waals surface area (Å²) in [5, 5.41) is 3.73. The highest BCUT2D eigenvalue weighted by molar-refractivity contribution is 9.10. The average molecular weight is 330 g/mol. The van der Waals surface area contributed by atoms with Crippen LogP contribution in [-0.4, -0.2) is 0 Å². The van der Waals surface area contributed by atoms with Crippen LogP contribution in [-0.2, 0) is 0 Å². The van der Waals surface area contributed by atoms with Gasteiger partial charge in [-0.05, 0) is 71.8 Å². The summed E-state index contributed by atoms with van der Waals surface area (Å²) in [6.07, 6.45) is 2.66. The zero-order chi connectivity index (χ0) is 14.1. The Morgan fingerprint density at radius 1 is 1.00 bits per heavy atom. The Kier molecular flexibility index (Phi) is 3.84. The molecular formula is C18H20BrN. The second kappa shape index (κ2) is 5.61. The molecule has 1 nitrogen and oxygen atoms in total. The summed E-state index contributed by atoms with van der Waals surface area (Å²) < 4.78 is 1.15. The Bertz CT molecular complexity index is 599. The molecule has 1 fully saturated rings. The van der Waals surface area contributed by atoms with Gasteiger partial charge < -0.3 is 5.32 Å². The maximum Gasteiger partial charge on any atom is 0.0542 e. The molecule has 0 aliphatic heterocycles. The first-order valence-corrected chi connectivity index (χ1v) is 8.02. The van der Waals surface area contributed by atoms with E-state index in [2.05, 4.69) is 77.6 Å². The minimum absolute atomic E-state index is 0.426. The molecule has 0 aromatic heterocycles. The van der Waals surface area contributed by atoms with Gasteiger partial charge in [-0.2, -0.15) is 0 Å². The topological polar surface area (TPSA) is 12.0 Å². The third-order valence-corrected chi connectivity index (χ3v) is 4.62. The van der Waals surface area contributed by atoms with E-state index in [9.17, 15) is 0 Å². The van der Waals surface area contributed by atoms with Gasteiger partial charge in [0.15, 0.2) is 0 Å². The van der Waals surface area contributed by atoms with Crippen LogP contribution in [0.3, 0.4) is 0 Å². The molecule has 0 heterocycles. The summed E-state index contributed by atoms with van der Waals surface area (Å²) in [7, 11) is 0. The molecule has 0 saturated heterocycles. The van der Waals surface area contributed by atoms with E-state index >= 15 is 0 Å². The molecule has 2 aromatic carbocycles. The Hall–Kier alpha value is -1.28. The molecule has 104 valence electrons. The molecular weight excluding hydrogens is 310 g/mol. The van der Waals surface area contributed by atoms with Gasteiger partial charge >= 0.3 is 0 Å². The molecule has 3 rings (SSSR count). The third-order valence-electron chi connectivity index (χ3n) is 3.97. The normalized spacial score (nSPS) is 15.9. The van der Waals surface area contributed by atoms with E-state index < -0.39 is 0 Å². The van der Waals surface area contributed by atoms with Gasteiger partial charge in [0.1, 0.15) is 0 Å². The Labute approximate surface area is 129 Å².